The molecule has 2 heterocycles. The molecule has 152 valence electrons. The van der Waals surface area contributed by atoms with Crippen LogP contribution in [0.15, 0.2) is 58.4 Å². The Bertz CT molecular complexity index is 1200. The molecule has 4 rings (SSSR count). The molecule has 0 spiro atoms. The minimum absolute atomic E-state index is 0.00929. The summed E-state index contributed by atoms with van der Waals surface area (Å²) >= 11 is 1.25. The van der Waals surface area contributed by atoms with E-state index in [-0.39, 0.29) is 5.76 Å². The van der Waals surface area contributed by atoms with Crippen molar-refractivity contribution in [3.63, 3.8) is 0 Å². The number of nitrogens with one attached hydrogen (secondary N) is 1. The fourth-order valence-electron chi connectivity index (χ4n) is 2.79. The highest BCUT2D eigenvalue weighted by atomic mass is 32.1. The summed E-state index contributed by atoms with van der Waals surface area (Å²) in [5.74, 6) is 0.378. The van der Waals surface area contributed by atoms with Crippen LogP contribution < -0.4 is 14.8 Å². The van der Waals surface area contributed by atoms with Gasteiger partial charge in [-0.05, 0) is 30.3 Å². The lowest BCUT2D eigenvalue weighted by molar-refractivity contribution is 0.0988. The molecule has 0 radical (unpaired) electrons. The van der Waals surface area contributed by atoms with Crippen LogP contribution in [0.3, 0.4) is 0 Å². The average molecular weight is 425 g/mol. The zero-order chi connectivity index (χ0) is 21.1. The van der Waals surface area contributed by atoms with E-state index < -0.39 is 11.7 Å². The van der Waals surface area contributed by atoms with Crippen molar-refractivity contribution in [1.82, 2.24) is 10.1 Å². The SMILES string of the molecule is COc1ccc(OC)c(-c2csc(NC(=O)c3cc(-c4cccc(F)c4)no3)n2)c1. The van der Waals surface area contributed by atoms with E-state index in [9.17, 15) is 9.18 Å². The third kappa shape index (κ3) is 4.01. The van der Waals surface area contributed by atoms with E-state index in [0.29, 0.717) is 33.6 Å². The number of amides is 1. The van der Waals surface area contributed by atoms with Crippen LogP contribution in [0.5, 0.6) is 11.5 Å². The Morgan fingerprint density at radius 2 is 1.97 bits per heavy atom. The van der Waals surface area contributed by atoms with E-state index in [0.717, 1.165) is 5.56 Å². The number of thiazole rings is 1. The zero-order valence-electron chi connectivity index (χ0n) is 16.0. The molecule has 0 unspecified atom stereocenters. The van der Waals surface area contributed by atoms with Gasteiger partial charge in [-0.2, -0.15) is 0 Å². The van der Waals surface area contributed by atoms with Crippen molar-refractivity contribution in [2.45, 2.75) is 0 Å². The maximum absolute atomic E-state index is 13.4. The number of carbonyl (C=O) groups excluding carboxylic acids is 1. The van der Waals surface area contributed by atoms with Crippen LogP contribution in [0.4, 0.5) is 9.52 Å². The number of hydrogen-bond acceptors (Lipinski definition) is 7. The molecule has 0 aliphatic heterocycles. The van der Waals surface area contributed by atoms with Gasteiger partial charge in [0.15, 0.2) is 5.13 Å². The Morgan fingerprint density at radius 1 is 1.10 bits per heavy atom. The van der Waals surface area contributed by atoms with Gasteiger partial charge in [0.2, 0.25) is 5.76 Å². The second kappa shape index (κ2) is 8.34. The number of halogens is 1. The Kier molecular flexibility index (Phi) is 5.44. The summed E-state index contributed by atoms with van der Waals surface area (Å²) in [7, 11) is 3.15. The lowest BCUT2D eigenvalue weighted by Crippen LogP contribution is -2.10. The second-order valence-corrected chi connectivity index (χ2v) is 7.00. The number of rotatable bonds is 6. The number of ether oxygens (including phenoxy) is 2. The molecular weight excluding hydrogens is 409 g/mol. The average Bonchev–Trinajstić information content (AvgIpc) is 3.43. The van der Waals surface area contributed by atoms with Gasteiger partial charge < -0.3 is 14.0 Å². The smallest absolute Gasteiger partial charge is 0.296 e. The molecule has 2 aromatic carbocycles. The van der Waals surface area contributed by atoms with Crippen molar-refractivity contribution in [2.24, 2.45) is 0 Å². The molecular formula is C21H16FN3O4S. The van der Waals surface area contributed by atoms with Crippen LogP contribution >= 0.6 is 11.3 Å². The normalized spacial score (nSPS) is 10.6. The van der Waals surface area contributed by atoms with Crippen LogP contribution in [0.25, 0.3) is 22.5 Å². The van der Waals surface area contributed by atoms with Gasteiger partial charge in [-0.3, -0.25) is 10.1 Å². The number of benzene rings is 2. The van der Waals surface area contributed by atoms with Crippen molar-refractivity contribution in [3.8, 4) is 34.0 Å². The monoisotopic (exact) mass is 425 g/mol. The third-order valence-corrected chi connectivity index (χ3v) is 5.02. The first-order valence-electron chi connectivity index (χ1n) is 8.79. The van der Waals surface area contributed by atoms with Gasteiger partial charge in [-0.25, -0.2) is 9.37 Å². The molecule has 9 heteroatoms. The predicted molar refractivity (Wildman–Crippen MR) is 111 cm³/mol. The molecule has 2 aromatic heterocycles. The Morgan fingerprint density at radius 3 is 2.73 bits per heavy atom. The van der Waals surface area contributed by atoms with Crippen LogP contribution in [0, 0.1) is 5.82 Å². The number of aromatic nitrogens is 2. The summed E-state index contributed by atoms with van der Waals surface area (Å²) in [6, 6.07) is 12.7. The molecule has 30 heavy (non-hydrogen) atoms. The predicted octanol–water partition coefficient (Wildman–Crippen LogP) is 4.87. The molecule has 0 aliphatic carbocycles. The summed E-state index contributed by atoms with van der Waals surface area (Å²) in [4.78, 5) is 16.9. The Labute approximate surface area is 175 Å². The number of nitrogens with zero attached hydrogens (tertiary/aromatic N) is 2. The van der Waals surface area contributed by atoms with Crippen LogP contribution in [0.1, 0.15) is 10.6 Å². The zero-order valence-corrected chi connectivity index (χ0v) is 16.8. The topological polar surface area (TPSA) is 86.5 Å². The highest BCUT2D eigenvalue weighted by Crippen LogP contribution is 2.35. The van der Waals surface area contributed by atoms with Gasteiger partial charge in [-0.15, -0.1) is 11.3 Å². The van der Waals surface area contributed by atoms with Crippen LogP contribution in [0.2, 0.25) is 0 Å². The Hall–Kier alpha value is -3.72. The first-order valence-corrected chi connectivity index (χ1v) is 9.67. The summed E-state index contributed by atoms with van der Waals surface area (Å²) in [5, 5.41) is 8.69. The van der Waals surface area contributed by atoms with Crippen molar-refractivity contribution < 1.29 is 23.2 Å². The molecule has 1 amide bonds. The minimum Gasteiger partial charge on any atom is -0.497 e. The van der Waals surface area contributed by atoms with E-state index in [2.05, 4.69) is 15.5 Å². The van der Waals surface area contributed by atoms with Crippen molar-refractivity contribution in [2.75, 3.05) is 19.5 Å². The fourth-order valence-corrected chi connectivity index (χ4v) is 3.50. The third-order valence-electron chi connectivity index (χ3n) is 4.26. The van der Waals surface area contributed by atoms with Gasteiger partial charge >= 0.3 is 0 Å². The summed E-state index contributed by atoms with van der Waals surface area (Å²) in [6.07, 6.45) is 0. The molecule has 0 saturated carbocycles. The van der Waals surface area contributed by atoms with Crippen LogP contribution in [-0.2, 0) is 0 Å². The van der Waals surface area contributed by atoms with Gasteiger partial charge in [0.1, 0.15) is 23.0 Å². The van der Waals surface area contributed by atoms with Crippen molar-refractivity contribution in [1.29, 1.82) is 0 Å². The highest BCUT2D eigenvalue weighted by Gasteiger charge is 2.17. The van der Waals surface area contributed by atoms with Crippen LogP contribution in [-0.4, -0.2) is 30.3 Å². The van der Waals surface area contributed by atoms with E-state index in [1.807, 2.05) is 0 Å². The molecule has 4 aromatic rings. The number of anilines is 1. The summed E-state index contributed by atoms with van der Waals surface area (Å²) in [5.41, 5.74) is 2.24. The fraction of sp³-hybridized carbons (Fsp3) is 0.0952. The first-order chi connectivity index (χ1) is 14.6. The van der Waals surface area contributed by atoms with E-state index in [1.165, 1.54) is 29.5 Å². The van der Waals surface area contributed by atoms with Gasteiger partial charge in [0.05, 0.1) is 19.9 Å². The van der Waals surface area contributed by atoms with E-state index in [4.69, 9.17) is 14.0 Å². The minimum atomic E-state index is -0.510. The quantitative estimate of drug-likeness (QED) is 0.474. The van der Waals surface area contributed by atoms with Gasteiger partial charge in [0.25, 0.3) is 5.91 Å². The molecule has 0 saturated heterocycles. The largest absolute Gasteiger partial charge is 0.497 e. The second-order valence-electron chi connectivity index (χ2n) is 6.14. The maximum Gasteiger partial charge on any atom is 0.296 e. The molecule has 0 atom stereocenters. The van der Waals surface area contributed by atoms with E-state index >= 15 is 0 Å². The standard InChI is InChI=1S/C21H16FN3O4S/c1-27-14-6-7-18(28-2)15(9-14)17-11-30-21(23-17)24-20(26)19-10-16(25-29-19)12-4-3-5-13(22)8-12/h3-11H,1-2H3,(H,23,24,26). The van der Waals surface area contributed by atoms with Gasteiger partial charge in [-0.1, -0.05) is 17.3 Å². The Balaban J connectivity index is 1.53. The summed E-state index contributed by atoms with van der Waals surface area (Å²) < 4.78 is 29.1. The number of methoxy groups -OCH3 is 2. The van der Waals surface area contributed by atoms with Gasteiger partial charge in [0, 0.05) is 22.6 Å². The number of hydrogen-bond donors (Lipinski definition) is 1. The molecule has 0 bridgehead atoms. The molecule has 0 aliphatic rings. The molecule has 0 fully saturated rings. The molecule has 7 nitrogen and oxygen atoms in total. The molecule has 1 N–H and O–H groups in total. The number of carbonyl (C=O) groups is 1. The first kappa shape index (κ1) is 19.6. The van der Waals surface area contributed by atoms with E-state index in [1.54, 1.807) is 49.9 Å². The van der Waals surface area contributed by atoms with Crippen molar-refractivity contribution >= 4 is 22.4 Å². The lowest BCUT2D eigenvalue weighted by atomic mass is 10.1. The maximum atomic E-state index is 13.4. The summed E-state index contributed by atoms with van der Waals surface area (Å²) in [6.45, 7) is 0. The van der Waals surface area contributed by atoms with Crippen molar-refractivity contribution in [3.05, 3.63) is 65.5 Å². The lowest BCUT2D eigenvalue weighted by Gasteiger charge is -2.08. The highest BCUT2D eigenvalue weighted by molar-refractivity contribution is 7.14.